The predicted molar refractivity (Wildman–Crippen MR) is 75.3 cm³/mol. The molecule has 20 heavy (non-hydrogen) atoms. The Morgan fingerprint density at radius 3 is 2.20 bits per heavy atom. The van der Waals surface area contributed by atoms with Crippen molar-refractivity contribution in [1.29, 1.82) is 0 Å². The van der Waals surface area contributed by atoms with Crippen LogP contribution in [0.3, 0.4) is 0 Å². The summed E-state index contributed by atoms with van der Waals surface area (Å²) in [7, 11) is 2.92. The molecule has 0 spiro atoms. The second-order valence-electron chi connectivity index (χ2n) is 4.02. The summed E-state index contributed by atoms with van der Waals surface area (Å²) in [5.74, 6) is 1.41. The van der Waals surface area contributed by atoms with Crippen molar-refractivity contribution in [1.82, 2.24) is 0 Å². The number of nitrogens with two attached hydrogens (primary N) is 1. The van der Waals surface area contributed by atoms with Crippen LogP contribution in [0.15, 0.2) is 42.5 Å². The maximum atomic E-state index is 11.4. The molecule has 0 saturated heterocycles. The Balaban J connectivity index is 2.18. The summed E-state index contributed by atoms with van der Waals surface area (Å²) in [5, 5.41) is 0. The van der Waals surface area contributed by atoms with Gasteiger partial charge in [-0.3, -0.25) is 0 Å². The van der Waals surface area contributed by atoms with E-state index in [0.717, 1.165) is 5.75 Å². The number of anilines is 1. The van der Waals surface area contributed by atoms with Gasteiger partial charge < -0.3 is 19.9 Å². The number of carbonyl (C=O) groups excluding carboxylic acids is 1. The number of methoxy groups -OCH3 is 2. The Morgan fingerprint density at radius 2 is 1.65 bits per heavy atom. The van der Waals surface area contributed by atoms with Crippen molar-refractivity contribution in [3.8, 4) is 17.2 Å². The van der Waals surface area contributed by atoms with Gasteiger partial charge in [-0.1, -0.05) is 0 Å². The fourth-order valence-corrected chi connectivity index (χ4v) is 1.66. The molecule has 0 saturated carbocycles. The molecule has 2 N–H and O–H groups in total. The lowest BCUT2D eigenvalue weighted by Crippen LogP contribution is -2.02. The first-order valence-corrected chi connectivity index (χ1v) is 5.94. The zero-order valence-electron chi connectivity index (χ0n) is 11.3. The van der Waals surface area contributed by atoms with Gasteiger partial charge in [-0.2, -0.15) is 0 Å². The minimum absolute atomic E-state index is 0.365. The van der Waals surface area contributed by atoms with Crippen LogP contribution in [0, 0.1) is 0 Å². The molecule has 0 aliphatic heterocycles. The summed E-state index contributed by atoms with van der Waals surface area (Å²) >= 11 is 0. The van der Waals surface area contributed by atoms with Gasteiger partial charge in [0.05, 0.1) is 25.5 Å². The Hall–Kier alpha value is -2.69. The minimum atomic E-state index is -0.437. The maximum Gasteiger partial charge on any atom is 0.337 e. The van der Waals surface area contributed by atoms with Crippen LogP contribution >= 0.6 is 0 Å². The molecule has 0 heterocycles. The number of hydrogen-bond acceptors (Lipinski definition) is 5. The summed E-state index contributed by atoms with van der Waals surface area (Å²) in [5.41, 5.74) is 6.61. The van der Waals surface area contributed by atoms with Crippen LogP contribution < -0.4 is 15.2 Å². The van der Waals surface area contributed by atoms with Crippen LogP contribution in [-0.4, -0.2) is 20.2 Å². The van der Waals surface area contributed by atoms with Gasteiger partial charge in [0, 0.05) is 0 Å². The summed E-state index contributed by atoms with van der Waals surface area (Å²) in [6.45, 7) is 0. The van der Waals surface area contributed by atoms with Crippen LogP contribution in [0.25, 0.3) is 0 Å². The van der Waals surface area contributed by atoms with Crippen molar-refractivity contribution in [3.05, 3.63) is 48.0 Å². The van der Waals surface area contributed by atoms with E-state index in [1.54, 1.807) is 43.5 Å². The van der Waals surface area contributed by atoms with Gasteiger partial charge in [-0.05, 0) is 42.5 Å². The van der Waals surface area contributed by atoms with E-state index in [1.165, 1.54) is 13.2 Å². The summed E-state index contributed by atoms with van der Waals surface area (Å²) in [6, 6.07) is 11.9. The number of hydrogen-bond donors (Lipinski definition) is 1. The quantitative estimate of drug-likeness (QED) is 0.685. The van der Waals surface area contributed by atoms with Crippen molar-refractivity contribution in [3.63, 3.8) is 0 Å². The van der Waals surface area contributed by atoms with Crippen molar-refractivity contribution >= 4 is 11.7 Å². The molecular weight excluding hydrogens is 258 g/mol. The van der Waals surface area contributed by atoms with E-state index in [-0.39, 0.29) is 0 Å². The van der Waals surface area contributed by atoms with Gasteiger partial charge in [0.15, 0.2) is 0 Å². The zero-order chi connectivity index (χ0) is 14.5. The van der Waals surface area contributed by atoms with Crippen molar-refractivity contribution in [2.24, 2.45) is 0 Å². The molecule has 0 amide bonds. The average molecular weight is 273 g/mol. The standard InChI is InChI=1S/C15H15NO4/c1-18-11-4-6-12(7-5-11)20-14-8-3-10(9-13(14)16)15(17)19-2/h3-9H,16H2,1-2H3. The van der Waals surface area contributed by atoms with Crippen LogP contribution in [0.4, 0.5) is 5.69 Å². The highest BCUT2D eigenvalue weighted by Gasteiger charge is 2.09. The fraction of sp³-hybridized carbons (Fsp3) is 0.133. The Labute approximate surface area is 116 Å². The van der Waals surface area contributed by atoms with Crippen LogP contribution in [-0.2, 0) is 4.74 Å². The molecule has 104 valence electrons. The normalized spacial score (nSPS) is 9.90. The molecule has 0 aliphatic carbocycles. The topological polar surface area (TPSA) is 70.8 Å². The first kappa shape index (κ1) is 13.7. The number of nitrogen functional groups attached to an aromatic ring is 1. The van der Waals surface area contributed by atoms with E-state index >= 15 is 0 Å². The highest BCUT2D eigenvalue weighted by atomic mass is 16.5. The fourth-order valence-electron chi connectivity index (χ4n) is 1.66. The minimum Gasteiger partial charge on any atom is -0.497 e. The average Bonchev–Trinajstić information content (AvgIpc) is 2.49. The largest absolute Gasteiger partial charge is 0.497 e. The van der Waals surface area contributed by atoms with E-state index in [9.17, 15) is 4.79 Å². The molecule has 2 aromatic rings. The third-order valence-electron chi connectivity index (χ3n) is 2.72. The molecule has 0 bridgehead atoms. The third-order valence-corrected chi connectivity index (χ3v) is 2.72. The molecule has 5 nitrogen and oxygen atoms in total. The Morgan fingerprint density at radius 1 is 1.00 bits per heavy atom. The first-order chi connectivity index (χ1) is 9.63. The smallest absolute Gasteiger partial charge is 0.337 e. The monoisotopic (exact) mass is 273 g/mol. The second kappa shape index (κ2) is 5.97. The van der Waals surface area contributed by atoms with Gasteiger partial charge in [0.2, 0.25) is 0 Å². The Bertz CT molecular complexity index is 608. The molecule has 0 aromatic heterocycles. The van der Waals surface area contributed by atoms with Crippen LogP contribution in [0.2, 0.25) is 0 Å². The van der Waals surface area contributed by atoms with Gasteiger partial charge in [-0.15, -0.1) is 0 Å². The number of ether oxygens (including phenoxy) is 3. The lowest BCUT2D eigenvalue weighted by Gasteiger charge is -2.10. The lowest BCUT2D eigenvalue weighted by atomic mass is 10.2. The van der Waals surface area contributed by atoms with Crippen molar-refractivity contribution < 1.29 is 19.0 Å². The van der Waals surface area contributed by atoms with Crippen molar-refractivity contribution in [2.75, 3.05) is 20.0 Å². The van der Waals surface area contributed by atoms with E-state index in [2.05, 4.69) is 4.74 Å². The van der Waals surface area contributed by atoms with E-state index in [4.69, 9.17) is 15.2 Å². The SMILES string of the molecule is COC(=O)c1ccc(Oc2ccc(OC)cc2)c(N)c1. The molecule has 5 heteroatoms. The van der Waals surface area contributed by atoms with Crippen LogP contribution in [0.1, 0.15) is 10.4 Å². The van der Waals surface area contributed by atoms with Gasteiger partial charge >= 0.3 is 5.97 Å². The molecule has 0 radical (unpaired) electrons. The van der Waals surface area contributed by atoms with E-state index < -0.39 is 5.97 Å². The molecule has 2 aromatic carbocycles. The van der Waals surface area contributed by atoms with E-state index in [1.807, 2.05) is 0 Å². The predicted octanol–water partition coefficient (Wildman–Crippen LogP) is 2.86. The zero-order valence-corrected chi connectivity index (χ0v) is 11.3. The summed E-state index contributed by atoms with van der Waals surface area (Å²) in [6.07, 6.45) is 0. The van der Waals surface area contributed by atoms with Gasteiger partial charge in [0.1, 0.15) is 17.2 Å². The van der Waals surface area contributed by atoms with Crippen molar-refractivity contribution in [2.45, 2.75) is 0 Å². The summed E-state index contributed by atoms with van der Waals surface area (Å²) in [4.78, 5) is 11.4. The Kier molecular flexibility index (Phi) is 4.10. The highest BCUT2D eigenvalue weighted by molar-refractivity contribution is 5.90. The number of rotatable bonds is 4. The van der Waals surface area contributed by atoms with Gasteiger partial charge in [0.25, 0.3) is 0 Å². The molecule has 0 aliphatic rings. The summed E-state index contributed by atoms with van der Waals surface area (Å²) < 4.78 is 15.3. The molecule has 0 unspecified atom stereocenters. The molecule has 0 atom stereocenters. The van der Waals surface area contributed by atoms with Gasteiger partial charge in [-0.25, -0.2) is 4.79 Å². The number of esters is 1. The number of carbonyl (C=O) groups is 1. The highest BCUT2D eigenvalue weighted by Crippen LogP contribution is 2.29. The van der Waals surface area contributed by atoms with E-state index in [0.29, 0.717) is 22.7 Å². The third kappa shape index (κ3) is 3.00. The maximum absolute atomic E-state index is 11.4. The number of benzene rings is 2. The molecule has 0 fully saturated rings. The second-order valence-corrected chi connectivity index (χ2v) is 4.02. The molecular formula is C15H15NO4. The molecule has 2 rings (SSSR count). The lowest BCUT2D eigenvalue weighted by molar-refractivity contribution is 0.0601. The first-order valence-electron chi connectivity index (χ1n) is 5.94. The van der Waals surface area contributed by atoms with Crippen LogP contribution in [0.5, 0.6) is 17.2 Å².